The van der Waals surface area contributed by atoms with Crippen molar-refractivity contribution in [1.29, 1.82) is 0 Å². The second kappa shape index (κ2) is 5.12. The largest absolute Gasteiger partial charge is 0.469 e. The molecule has 0 aliphatic rings. The van der Waals surface area contributed by atoms with Gasteiger partial charge in [-0.3, -0.25) is 4.79 Å². The molecule has 0 radical (unpaired) electrons. The Hall–Kier alpha value is -0.870. The molecule has 0 unspecified atom stereocenters. The molecule has 0 bridgehead atoms. The van der Waals surface area contributed by atoms with Gasteiger partial charge in [-0.2, -0.15) is 0 Å². The third-order valence-electron chi connectivity index (χ3n) is 1.99. The molecule has 1 aromatic carbocycles. The first kappa shape index (κ1) is 11.2. The molecule has 0 amide bonds. The molecule has 0 spiro atoms. The van der Waals surface area contributed by atoms with Crippen molar-refractivity contribution in [2.45, 2.75) is 5.92 Å². The Kier molecular flexibility index (Phi) is 4.10. The van der Waals surface area contributed by atoms with Crippen LogP contribution < -0.4 is 5.73 Å². The number of hydrogen-bond donors (Lipinski definition) is 1. The van der Waals surface area contributed by atoms with E-state index < -0.39 is 0 Å². The fourth-order valence-corrected chi connectivity index (χ4v) is 1.47. The normalized spacial score (nSPS) is 12.2. The maximum atomic E-state index is 11.3. The Morgan fingerprint density at radius 3 is 2.50 bits per heavy atom. The molecule has 0 aliphatic carbocycles. The van der Waals surface area contributed by atoms with Crippen molar-refractivity contribution in [3.8, 4) is 0 Å². The predicted molar refractivity (Wildman–Crippen MR) is 58.0 cm³/mol. The minimum absolute atomic E-state index is 0.258. The summed E-state index contributed by atoms with van der Waals surface area (Å²) in [4.78, 5) is 11.3. The van der Waals surface area contributed by atoms with Crippen LogP contribution in [0.5, 0.6) is 0 Å². The van der Waals surface area contributed by atoms with Crippen LogP contribution in [0.4, 0.5) is 0 Å². The maximum absolute atomic E-state index is 11.3. The lowest BCUT2D eigenvalue weighted by Crippen LogP contribution is -2.22. The number of halogens is 1. The van der Waals surface area contributed by atoms with E-state index in [4.69, 9.17) is 5.73 Å². The third-order valence-corrected chi connectivity index (χ3v) is 2.52. The number of carbonyl (C=O) groups excluding carboxylic acids is 1. The number of methoxy groups -OCH3 is 1. The third kappa shape index (κ3) is 2.56. The van der Waals surface area contributed by atoms with Gasteiger partial charge in [0.2, 0.25) is 0 Å². The van der Waals surface area contributed by atoms with Gasteiger partial charge in [0.05, 0.1) is 13.0 Å². The van der Waals surface area contributed by atoms with Crippen LogP contribution in [0.2, 0.25) is 0 Å². The van der Waals surface area contributed by atoms with Gasteiger partial charge in [0.1, 0.15) is 0 Å². The van der Waals surface area contributed by atoms with Gasteiger partial charge in [0, 0.05) is 11.0 Å². The SMILES string of the molecule is COC(=O)[C@H](CN)c1ccc(Br)cc1. The van der Waals surface area contributed by atoms with E-state index in [0.29, 0.717) is 0 Å². The first-order valence-electron chi connectivity index (χ1n) is 4.22. The maximum Gasteiger partial charge on any atom is 0.314 e. The summed E-state index contributed by atoms with van der Waals surface area (Å²) >= 11 is 3.32. The number of carbonyl (C=O) groups is 1. The zero-order valence-corrected chi connectivity index (χ0v) is 9.45. The quantitative estimate of drug-likeness (QED) is 0.839. The molecule has 14 heavy (non-hydrogen) atoms. The lowest BCUT2D eigenvalue weighted by molar-refractivity contribution is -0.142. The number of hydrogen-bond acceptors (Lipinski definition) is 3. The summed E-state index contributed by atoms with van der Waals surface area (Å²) in [6.45, 7) is 0.258. The van der Waals surface area contributed by atoms with Gasteiger partial charge in [0.25, 0.3) is 0 Å². The molecular formula is C10H12BrNO2. The van der Waals surface area contributed by atoms with Gasteiger partial charge in [0.15, 0.2) is 0 Å². The van der Waals surface area contributed by atoms with Crippen LogP contribution in [0, 0.1) is 0 Å². The molecule has 76 valence electrons. The second-order valence-electron chi connectivity index (χ2n) is 2.86. The van der Waals surface area contributed by atoms with Crippen molar-refractivity contribution in [2.24, 2.45) is 5.73 Å². The van der Waals surface area contributed by atoms with Crippen molar-refractivity contribution < 1.29 is 9.53 Å². The van der Waals surface area contributed by atoms with Gasteiger partial charge in [-0.25, -0.2) is 0 Å². The van der Waals surface area contributed by atoms with E-state index in [2.05, 4.69) is 20.7 Å². The highest BCUT2D eigenvalue weighted by Crippen LogP contribution is 2.18. The Balaban J connectivity index is 2.89. The van der Waals surface area contributed by atoms with Crippen LogP contribution in [-0.2, 0) is 9.53 Å². The van der Waals surface area contributed by atoms with Crippen molar-refractivity contribution in [3.05, 3.63) is 34.3 Å². The summed E-state index contributed by atoms with van der Waals surface area (Å²) in [5.41, 5.74) is 6.38. The molecule has 1 aromatic rings. The number of ether oxygens (including phenoxy) is 1. The fourth-order valence-electron chi connectivity index (χ4n) is 1.21. The first-order valence-corrected chi connectivity index (χ1v) is 5.01. The summed E-state index contributed by atoms with van der Waals surface area (Å²) in [5.74, 6) is -0.664. The molecule has 0 aromatic heterocycles. The standard InChI is InChI=1S/C10H12BrNO2/c1-14-10(13)9(6-12)7-2-4-8(11)5-3-7/h2-5,9H,6,12H2,1H3/t9-/m1/s1. The number of benzene rings is 1. The number of esters is 1. The van der Waals surface area contributed by atoms with E-state index in [9.17, 15) is 4.79 Å². The lowest BCUT2D eigenvalue weighted by Gasteiger charge is -2.12. The van der Waals surface area contributed by atoms with Gasteiger partial charge in [-0.1, -0.05) is 28.1 Å². The molecule has 1 rings (SSSR count). The average molecular weight is 258 g/mol. The number of nitrogens with two attached hydrogens (primary N) is 1. The molecule has 0 heterocycles. The Morgan fingerprint density at radius 2 is 2.07 bits per heavy atom. The molecule has 2 N–H and O–H groups in total. The summed E-state index contributed by atoms with van der Waals surface area (Å²) < 4.78 is 5.63. The first-order chi connectivity index (χ1) is 6.69. The number of rotatable bonds is 3. The van der Waals surface area contributed by atoms with Crippen LogP contribution in [0.1, 0.15) is 11.5 Å². The highest BCUT2D eigenvalue weighted by atomic mass is 79.9. The van der Waals surface area contributed by atoms with Gasteiger partial charge >= 0.3 is 5.97 Å². The summed E-state index contributed by atoms with van der Waals surface area (Å²) in [5, 5.41) is 0. The van der Waals surface area contributed by atoms with E-state index >= 15 is 0 Å². The molecule has 0 fully saturated rings. The molecule has 0 saturated heterocycles. The van der Waals surface area contributed by atoms with Gasteiger partial charge < -0.3 is 10.5 Å². The Labute approximate surface area is 91.4 Å². The minimum Gasteiger partial charge on any atom is -0.469 e. The minimum atomic E-state index is -0.368. The Morgan fingerprint density at radius 1 is 1.50 bits per heavy atom. The molecule has 3 nitrogen and oxygen atoms in total. The molecular weight excluding hydrogens is 246 g/mol. The molecule has 0 saturated carbocycles. The van der Waals surface area contributed by atoms with Crippen molar-refractivity contribution >= 4 is 21.9 Å². The van der Waals surface area contributed by atoms with Crippen LogP contribution in [0.15, 0.2) is 28.7 Å². The summed E-state index contributed by atoms with van der Waals surface area (Å²) in [6, 6.07) is 7.47. The van der Waals surface area contributed by atoms with E-state index in [1.54, 1.807) is 0 Å². The van der Waals surface area contributed by atoms with Crippen molar-refractivity contribution in [2.75, 3.05) is 13.7 Å². The highest BCUT2D eigenvalue weighted by molar-refractivity contribution is 9.10. The monoisotopic (exact) mass is 257 g/mol. The van der Waals surface area contributed by atoms with Crippen molar-refractivity contribution in [1.82, 2.24) is 0 Å². The van der Waals surface area contributed by atoms with E-state index in [1.807, 2.05) is 24.3 Å². The zero-order chi connectivity index (χ0) is 10.6. The highest BCUT2D eigenvalue weighted by Gasteiger charge is 2.18. The van der Waals surface area contributed by atoms with Gasteiger partial charge in [-0.15, -0.1) is 0 Å². The zero-order valence-electron chi connectivity index (χ0n) is 7.87. The van der Waals surface area contributed by atoms with Crippen molar-refractivity contribution in [3.63, 3.8) is 0 Å². The smallest absolute Gasteiger partial charge is 0.314 e. The van der Waals surface area contributed by atoms with E-state index in [0.717, 1.165) is 10.0 Å². The topological polar surface area (TPSA) is 52.3 Å². The van der Waals surface area contributed by atoms with Crippen LogP contribution >= 0.6 is 15.9 Å². The predicted octanol–water partition coefficient (Wildman–Crippen LogP) is 1.66. The Bertz CT molecular complexity index is 310. The lowest BCUT2D eigenvalue weighted by atomic mass is 10.00. The van der Waals surface area contributed by atoms with E-state index in [-0.39, 0.29) is 18.4 Å². The summed E-state index contributed by atoms with van der Waals surface area (Å²) in [7, 11) is 1.36. The van der Waals surface area contributed by atoms with Crippen LogP contribution in [0.25, 0.3) is 0 Å². The van der Waals surface area contributed by atoms with Gasteiger partial charge in [-0.05, 0) is 17.7 Å². The second-order valence-corrected chi connectivity index (χ2v) is 3.78. The summed E-state index contributed by atoms with van der Waals surface area (Å²) in [6.07, 6.45) is 0. The molecule has 0 aliphatic heterocycles. The van der Waals surface area contributed by atoms with Crippen LogP contribution in [-0.4, -0.2) is 19.6 Å². The average Bonchev–Trinajstić information content (AvgIpc) is 2.21. The fraction of sp³-hybridized carbons (Fsp3) is 0.300. The van der Waals surface area contributed by atoms with E-state index in [1.165, 1.54) is 7.11 Å². The molecule has 1 atom stereocenters. The van der Waals surface area contributed by atoms with Crippen LogP contribution in [0.3, 0.4) is 0 Å². The molecule has 4 heteroatoms.